The van der Waals surface area contributed by atoms with Crippen LogP contribution in [-0.4, -0.2) is 38.9 Å². The lowest BCUT2D eigenvalue weighted by atomic mass is 10.1. The summed E-state index contributed by atoms with van der Waals surface area (Å²) in [4.78, 5) is 15.9. The van der Waals surface area contributed by atoms with Crippen LogP contribution < -0.4 is 24.8 Å². The number of nitrogens with zero attached hydrogens (tertiary/aromatic N) is 1. The van der Waals surface area contributed by atoms with Crippen LogP contribution in [0.5, 0.6) is 17.2 Å². The van der Waals surface area contributed by atoms with E-state index in [1.807, 2.05) is 0 Å². The number of methoxy groups -OCH3 is 3. The molecule has 7 nitrogen and oxygen atoms in total. The number of hydrogen-bond donors (Lipinski definition) is 2. The highest BCUT2D eigenvalue weighted by atomic mass is 16.5. The molecule has 0 unspecified atom stereocenters. The highest BCUT2D eigenvalue weighted by Gasteiger charge is 2.13. The fraction of sp³-hybridized carbons (Fsp3) is 0.294. The van der Waals surface area contributed by atoms with Crippen LogP contribution in [-0.2, 0) is 6.42 Å². The van der Waals surface area contributed by atoms with E-state index in [1.54, 1.807) is 57.9 Å². The van der Waals surface area contributed by atoms with Crippen molar-refractivity contribution in [3.05, 3.63) is 42.1 Å². The van der Waals surface area contributed by atoms with Crippen molar-refractivity contribution in [3.63, 3.8) is 0 Å². The van der Waals surface area contributed by atoms with Gasteiger partial charge >= 0.3 is 6.03 Å². The van der Waals surface area contributed by atoms with Crippen LogP contribution in [0.25, 0.3) is 0 Å². The Morgan fingerprint density at radius 1 is 1.08 bits per heavy atom. The lowest BCUT2D eigenvalue weighted by Crippen LogP contribution is -2.30. The van der Waals surface area contributed by atoms with Gasteiger partial charge in [0, 0.05) is 30.4 Å². The van der Waals surface area contributed by atoms with Crippen molar-refractivity contribution in [1.29, 1.82) is 0 Å². The third-order valence-electron chi connectivity index (χ3n) is 3.38. The van der Waals surface area contributed by atoms with E-state index in [2.05, 4.69) is 15.6 Å². The third kappa shape index (κ3) is 4.52. The first-order valence-electron chi connectivity index (χ1n) is 7.42. The molecule has 0 aliphatic carbocycles. The number of carbonyl (C=O) groups excluding carboxylic acids is 1. The summed E-state index contributed by atoms with van der Waals surface area (Å²) in [6.45, 7) is 0.414. The summed E-state index contributed by atoms with van der Waals surface area (Å²) >= 11 is 0. The molecular formula is C17H21N3O4. The van der Waals surface area contributed by atoms with E-state index in [0.29, 0.717) is 36.0 Å². The Bertz CT molecular complexity index is 652. The van der Waals surface area contributed by atoms with Gasteiger partial charge in [0.15, 0.2) is 0 Å². The van der Waals surface area contributed by atoms with Crippen LogP contribution >= 0.6 is 0 Å². The molecule has 24 heavy (non-hydrogen) atoms. The fourth-order valence-corrected chi connectivity index (χ4v) is 2.22. The minimum Gasteiger partial charge on any atom is -0.496 e. The van der Waals surface area contributed by atoms with Gasteiger partial charge in [-0.15, -0.1) is 0 Å². The first-order chi connectivity index (χ1) is 11.7. The zero-order valence-electron chi connectivity index (χ0n) is 14.0. The molecule has 7 heteroatoms. The van der Waals surface area contributed by atoms with Crippen LogP contribution in [0.4, 0.5) is 10.6 Å². The minimum atomic E-state index is -0.319. The van der Waals surface area contributed by atoms with Crippen LogP contribution in [0.3, 0.4) is 0 Å². The van der Waals surface area contributed by atoms with Crippen molar-refractivity contribution in [2.45, 2.75) is 6.42 Å². The standard InChI is InChI=1S/C17H21N3O4/c1-22-12-10-14(23-2)13(15(11-12)24-3)7-9-19-17(21)20-16-6-4-5-8-18-16/h4-6,8,10-11H,7,9H2,1-3H3,(H2,18,19,20,21). The number of ether oxygens (including phenoxy) is 3. The van der Waals surface area contributed by atoms with Gasteiger partial charge in [-0.1, -0.05) is 6.07 Å². The second-order valence-electron chi connectivity index (χ2n) is 4.86. The molecule has 0 saturated heterocycles. The maximum atomic E-state index is 11.9. The monoisotopic (exact) mass is 331 g/mol. The van der Waals surface area contributed by atoms with Gasteiger partial charge in [0.1, 0.15) is 23.1 Å². The number of urea groups is 1. The topological polar surface area (TPSA) is 81.7 Å². The van der Waals surface area contributed by atoms with Gasteiger partial charge in [-0.3, -0.25) is 5.32 Å². The van der Waals surface area contributed by atoms with Crippen LogP contribution in [0.2, 0.25) is 0 Å². The molecule has 0 fully saturated rings. The van der Waals surface area contributed by atoms with Gasteiger partial charge in [0.25, 0.3) is 0 Å². The molecule has 1 aromatic heterocycles. The molecule has 0 radical (unpaired) electrons. The lowest BCUT2D eigenvalue weighted by Gasteiger charge is -2.15. The molecule has 0 atom stereocenters. The number of aromatic nitrogens is 1. The number of benzene rings is 1. The largest absolute Gasteiger partial charge is 0.496 e. The molecule has 2 aromatic rings. The summed E-state index contributed by atoms with van der Waals surface area (Å²) < 4.78 is 16.0. The molecule has 0 aliphatic rings. The molecule has 0 aliphatic heterocycles. The predicted molar refractivity (Wildman–Crippen MR) is 91.1 cm³/mol. The van der Waals surface area contributed by atoms with E-state index in [4.69, 9.17) is 14.2 Å². The second kappa shape index (κ2) is 8.61. The van der Waals surface area contributed by atoms with E-state index in [9.17, 15) is 4.79 Å². The van der Waals surface area contributed by atoms with Gasteiger partial charge < -0.3 is 19.5 Å². The summed E-state index contributed by atoms with van der Waals surface area (Å²) in [6.07, 6.45) is 2.16. The summed E-state index contributed by atoms with van der Waals surface area (Å²) in [5, 5.41) is 5.44. The van der Waals surface area contributed by atoms with Crippen molar-refractivity contribution < 1.29 is 19.0 Å². The average Bonchev–Trinajstić information content (AvgIpc) is 2.62. The quantitative estimate of drug-likeness (QED) is 0.814. The summed E-state index contributed by atoms with van der Waals surface area (Å²) in [5.41, 5.74) is 0.860. The summed E-state index contributed by atoms with van der Waals surface area (Å²) in [5.74, 6) is 2.44. The Kier molecular flexibility index (Phi) is 6.24. The molecule has 1 aromatic carbocycles. The van der Waals surface area contributed by atoms with E-state index in [-0.39, 0.29) is 6.03 Å². The highest BCUT2D eigenvalue weighted by Crippen LogP contribution is 2.34. The number of anilines is 1. The minimum absolute atomic E-state index is 0.319. The number of pyridine rings is 1. The molecule has 0 spiro atoms. The smallest absolute Gasteiger partial charge is 0.320 e. The molecule has 0 bridgehead atoms. The average molecular weight is 331 g/mol. The number of carbonyl (C=O) groups is 1. The Labute approximate surface area is 140 Å². The fourth-order valence-electron chi connectivity index (χ4n) is 2.22. The Morgan fingerprint density at radius 2 is 1.79 bits per heavy atom. The van der Waals surface area contributed by atoms with Gasteiger partial charge in [-0.05, 0) is 18.6 Å². The summed E-state index contributed by atoms with van der Waals surface area (Å²) in [7, 11) is 4.75. The zero-order chi connectivity index (χ0) is 17.4. The number of nitrogens with one attached hydrogen (secondary N) is 2. The van der Waals surface area contributed by atoms with Gasteiger partial charge in [0.2, 0.25) is 0 Å². The van der Waals surface area contributed by atoms with Crippen molar-refractivity contribution in [3.8, 4) is 17.2 Å². The number of amides is 2. The van der Waals surface area contributed by atoms with E-state index < -0.39 is 0 Å². The van der Waals surface area contributed by atoms with E-state index in [1.165, 1.54) is 0 Å². The van der Waals surface area contributed by atoms with Crippen molar-refractivity contribution in [1.82, 2.24) is 10.3 Å². The molecule has 2 rings (SSSR count). The van der Waals surface area contributed by atoms with Gasteiger partial charge in [-0.25, -0.2) is 9.78 Å². The molecule has 0 saturated carbocycles. The zero-order valence-corrected chi connectivity index (χ0v) is 14.0. The molecular weight excluding hydrogens is 310 g/mol. The van der Waals surface area contributed by atoms with E-state index >= 15 is 0 Å². The van der Waals surface area contributed by atoms with Crippen molar-refractivity contribution in [2.24, 2.45) is 0 Å². The Balaban J connectivity index is 1.97. The molecule has 1 heterocycles. The predicted octanol–water partition coefficient (Wildman–Crippen LogP) is 2.47. The molecule has 2 amide bonds. The van der Waals surface area contributed by atoms with Gasteiger partial charge in [-0.2, -0.15) is 0 Å². The van der Waals surface area contributed by atoms with Crippen molar-refractivity contribution in [2.75, 3.05) is 33.2 Å². The number of hydrogen-bond acceptors (Lipinski definition) is 5. The Morgan fingerprint density at radius 3 is 2.33 bits per heavy atom. The summed E-state index contributed by atoms with van der Waals surface area (Å²) in [6, 6.07) is 8.55. The SMILES string of the molecule is COc1cc(OC)c(CCNC(=O)Nc2ccccn2)c(OC)c1. The first-order valence-corrected chi connectivity index (χ1v) is 7.42. The first kappa shape index (κ1) is 17.4. The van der Waals surface area contributed by atoms with Crippen LogP contribution in [0.1, 0.15) is 5.56 Å². The van der Waals surface area contributed by atoms with Crippen LogP contribution in [0.15, 0.2) is 36.5 Å². The Hall–Kier alpha value is -2.96. The van der Waals surface area contributed by atoms with Crippen molar-refractivity contribution >= 4 is 11.8 Å². The molecule has 128 valence electrons. The van der Waals surface area contributed by atoms with E-state index in [0.717, 1.165) is 5.56 Å². The highest BCUT2D eigenvalue weighted by molar-refractivity contribution is 5.88. The normalized spacial score (nSPS) is 9.96. The lowest BCUT2D eigenvalue weighted by molar-refractivity contribution is 0.252. The number of rotatable bonds is 7. The van der Waals surface area contributed by atoms with Gasteiger partial charge in [0.05, 0.1) is 21.3 Å². The van der Waals surface area contributed by atoms with Crippen LogP contribution in [0, 0.1) is 0 Å². The second-order valence-corrected chi connectivity index (χ2v) is 4.86. The third-order valence-corrected chi connectivity index (χ3v) is 3.38. The maximum absolute atomic E-state index is 11.9. The maximum Gasteiger partial charge on any atom is 0.320 e. The molecule has 2 N–H and O–H groups in total.